The molecule has 1 heterocycles. The molecule has 0 aliphatic carbocycles. The molecule has 0 unspecified atom stereocenters. The molecule has 0 aromatic heterocycles. The van der Waals surface area contributed by atoms with Crippen molar-refractivity contribution in [2.45, 2.75) is 44.1 Å². The first-order valence-electron chi connectivity index (χ1n) is 12.4. The van der Waals surface area contributed by atoms with Crippen LogP contribution in [0.1, 0.15) is 35.6 Å². The monoisotopic (exact) mass is 604 g/mol. The third kappa shape index (κ3) is 6.99. The number of alkyl halides is 3. The lowest BCUT2D eigenvalue weighted by Gasteiger charge is -2.28. The molecular formula is C29H28BrF3N2O4. The first-order chi connectivity index (χ1) is 18.6. The lowest BCUT2D eigenvalue weighted by molar-refractivity contribution is -0.137. The molecule has 1 amide bonds. The predicted octanol–water partition coefficient (Wildman–Crippen LogP) is 5.69. The molecule has 0 fully saturated rings. The largest absolute Gasteiger partial charge is 0.494 e. The lowest BCUT2D eigenvalue weighted by atomic mass is 9.86. The average Bonchev–Trinajstić information content (AvgIpc) is 3.25. The molecule has 4 rings (SSSR count). The fourth-order valence-corrected chi connectivity index (χ4v) is 4.47. The maximum atomic E-state index is 13.7. The first-order valence-corrected chi connectivity index (χ1v) is 13.2. The Morgan fingerprint density at radius 1 is 1.05 bits per heavy atom. The van der Waals surface area contributed by atoms with Crippen LogP contribution < -0.4 is 10.1 Å². The van der Waals surface area contributed by atoms with Gasteiger partial charge in [0.15, 0.2) is 5.54 Å². The van der Waals surface area contributed by atoms with E-state index in [9.17, 15) is 18.0 Å². The molecule has 1 aliphatic rings. The number of ether oxygens (including phenoxy) is 2. The van der Waals surface area contributed by atoms with Crippen LogP contribution in [0.4, 0.5) is 13.2 Å². The number of hydrogen-bond donors (Lipinski definition) is 2. The van der Waals surface area contributed by atoms with Gasteiger partial charge in [-0.15, -0.1) is 0 Å². The van der Waals surface area contributed by atoms with Gasteiger partial charge in [0.2, 0.25) is 5.90 Å². The topological polar surface area (TPSA) is 80.2 Å². The van der Waals surface area contributed by atoms with Gasteiger partial charge >= 0.3 is 6.18 Å². The SMILES string of the molecule is C[C@H]1OC(c2ccc(OCCCO)cc2)=N[C@@]1(Cc1ccc(Br)cc1)C(=O)NCc1ccc(C(F)(F)F)cc1. The number of benzene rings is 3. The molecule has 0 radical (unpaired) electrons. The minimum Gasteiger partial charge on any atom is -0.494 e. The summed E-state index contributed by atoms with van der Waals surface area (Å²) in [5, 5.41) is 11.8. The van der Waals surface area contributed by atoms with E-state index in [2.05, 4.69) is 21.2 Å². The molecule has 1 aliphatic heterocycles. The van der Waals surface area contributed by atoms with Crippen LogP contribution in [0.15, 0.2) is 82.3 Å². The molecule has 0 bridgehead atoms. The highest BCUT2D eigenvalue weighted by molar-refractivity contribution is 9.10. The van der Waals surface area contributed by atoms with Crippen molar-refractivity contribution in [2.75, 3.05) is 13.2 Å². The van der Waals surface area contributed by atoms with Crippen LogP contribution in [0.3, 0.4) is 0 Å². The van der Waals surface area contributed by atoms with Gasteiger partial charge in [-0.1, -0.05) is 40.2 Å². The van der Waals surface area contributed by atoms with Crippen molar-refractivity contribution < 1.29 is 32.5 Å². The summed E-state index contributed by atoms with van der Waals surface area (Å²) in [6, 6.07) is 19.3. The van der Waals surface area contributed by atoms with Crippen molar-refractivity contribution >= 4 is 27.7 Å². The highest BCUT2D eigenvalue weighted by atomic mass is 79.9. The number of rotatable bonds is 10. The zero-order valence-electron chi connectivity index (χ0n) is 21.2. The number of nitrogens with zero attached hydrogens (tertiary/aromatic N) is 1. The molecule has 206 valence electrons. The number of hydrogen-bond acceptors (Lipinski definition) is 5. The second-order valence-electron chi connectivity index (χ2n) is 9.23. The molecule has 3 aromatic carbocycles. The van der Waals surface area contributed by atoms with Gasteiger partial charge in [0, 0.05) is 36.0 Å². The van der Waals surface area contributed by atoms with Gasteiger partial charge in [-0.05, 0) is 66.6 Å². The average molecular weight is 605 g/mol. The summed E-state index contributed by atoms with van der Waals surface area (Å²) in [6.07, 6.45) is -4.27. The Labute approximate surface area is 233 Å². The molecule has 2 N–H and O–H groups in total. The van der Waals surface area contributed by atoms with Gasteiger partial charge in [-0.25, -0.2) is 4.99 Å². The highest BCUT2D eigenvalue weighted by Crippen LogP contribution is 2.34. The van der Waals surface area contributed by atoms with E-state index in [1.165, 1.54) is 12.1 Å². The van der Waals surface area contributed by atoms with Gasteiger partial charge in [0.1, 0.15) is 11.9 Å². The zero-order chi connectivity index (χ0) is 28.0. The standard InChI is InChI=1S/C29H28BrF3N2O4/c1-19-28(17-20-5-11-24(30)12-6-20,27(37)34-18-21-3-9-23(10-4-21)29(31,32)33)35-26(39-19)22-7-13-25(14-8-22)38-16-2-15-36/h3-14,19,36H,2,15-18H2,1H3,(H,34,37)/t19-,28-/m1/s1. The van der Waals surface area contributed by atoms with Crippen molar-refractivity contribution in [1.29, 1.82) is 0 Å². The van der Waals surface area contributed by atoms with Crippen molar-refractivity contribution in [3.8, 4) is 5.75 Å². The van der Waals surface area contributed by atoms with Crippen LogP contribution in [0.25, 0.3) is 0 Å². The Morgan fingerprint density at radius 2 is 1.69 bits per heavy atom. The minimum absolute atomic E-state index is 0.0382. The second kappa shape index (κ2) is 12.2. The molecule has 0 saturated carbocycles. The molecule has 6 nitrogen and oxygen atoms in total. The fourth-order valence-electron chi connectivity index (χ4n) is 4.20. The second-order valence-corrected chi connectivity index (χ2v) is 10.1. The minimum atomic E-state index is -4.43. The third-order valence-corrected chi connectivity index (χ3v) is 6.98. The normalized spacial score (nSPS) is 18.8. The number of carbonyl (C=O) groups excluding carboxylic acids is 1. The van der Waals surface area contributed by atoms with Crippen LogP contribution in [-0.4, -0.2) is 41.8 Å². The van der Waals surface area contributed by atoms with E-state index in [0.717, 1.165) is 22.2 Å². The number of nitrogens with one attached hydrogen (secondary N) is 1. The van der Waals surface area contributed by atoms with Crippen LogP contribution in [-0.2, 0) is 28.7 Å². The van der Waals surface area contributed by atoms with Crippen molar-refractivity contribution in [1.82, 2.24) is 5.32 Å². The van der Waals surface area contributed by atoms with E-state index in [0.29, 0.717) is 35.8 Å². The number of aliphatic imine (C=N–C) groups is 1. The van der Waals surface area contributed by atoms with E-state index in [4.69, 9.17) is 19.6 Å². The maximum absolute atomic E-state index is 13.7. The Hall–Kier alpha value is -3.37. The van der Waals surface area contributed by atoms with E-state index < -0.39 is 29.3 Å². The van der Waals surface area contributed by atoms with E-state index in [1.807, 2.05) is 24.3 Å². The summed E-state index contributed by atoms with van der Waals surface area (Å²) in [4.78, 5) is 18.5. The Morgan fingerprint density at radius 3 is 2.31 bits per heavy atom. The quantitative estimate of drug-likeness (QED) is 0.291. The smallest absolute Gasteiger partial charge is 0.416 e. The Balaban J connectivity index is 1.57. The van der Waals surface area contributed by atoms with Gasteiger partial charge in [0.25, 0.3) is 5.91 Å². The zero-order valence-corrected chi connectivity index (χ0v) is 22.8. The Kier molecular flexibility index (Phi) is 8.97. The summed E-state index contributed by atoms with van der Waals surface area (Å²) in [5.74, 6) is 0.553. The molecule has 0 saturated heterocycles. The predicted molar refractivity (Wildman–Crippen MR) is 145 cm³/mol. The van der Waals surface area contributed by atoms with Crippen LogP contribution in [0.5, 0.6) is 5.75 Å². The van der Waals surface area contributed by atoms with Crippen molar-refractivity contribution in [2.24, 2.45) is 4.99 Å². The van der Waals surface area contributed by atoms with Gasteiger partial charge in [-0.3, -0.25) is 4.79 Å². The number of carbonyl (C=O) groups is 1. The van der Waals surface area contributed by atoms with Gasteiger partial charge < -0.3 is 19.9 Å². The van der Waals surface area contributed by atoms with Crippen molar-refractivity contribution in [3.63, 3.8) is 0 Å². The molecule has 0 spiro atoms. The third-order valence-electron chi connectivity index (χ3n) is 6.45. The fraction of sp³-hybridized carbons (Fsp3) is 0.310. The molecule has 3 aromatic rings. The number of halogens is 4. The molecular weight excluding hydrogens is 577 g/mol. The van der Waals surface area contributed by atoms with Crippen LogP contribution >= 0.6 is 15.9 Å². The summed E-state index contributed by atoms with van der Waals surface area (Å²) in [6.45, 7) is 2.25. The van der Waals surface area contributed by atoms with Gasteiger partial charge in [-0.2, -0.15) is 13.2 Å². The highest BCUT2D eigenvalue weighted by Gasteiger charge is 2.50. The van der Waals surface area contributed by atoms with E-state index >= 15 is 0 Å². The van der Waals surface area contributed by atoms with Gasteiger partial charge in [0.05, 0.1) is 12.2 Å². The van der Waals surface area contributed by atoms with Crippen LogP contribution in [0.2, 0.25) is 0 Å². The van der Waals surface area contributed by atoms with Crippen molar-refractivity contribution in [3.05, 3.63) is 99.5 Å². The first kappa shape index (κ1) is 28.6. The molecule has 10 heteroatoms. The molecule has 39 heavy (non-hydrogen) atoms. The maximum Gasteiger partial charge on any atom is 0.416 e. The summed E-state index contributed by atoms with van der Waals surface area (Å²) >= 11 is 3.42. The Bertz CT molecular complexity index is 1300. The number of aliphatic hydroxyl groups is 1. The summed E-state index contributed by atoms with van der Waals surface area (Å²) in [5.41, 5.74) is 0.0233. The van der Waals surface area contributed by atoms with E-state index in [-0.39, 0.29) is 19.6 Å². The summed E-state index contributed by atoms with van der Waals surface area (Å²) < 4.78 is 51.3. The summed E-state index contributed by atoms with van der Waals surface area (Å²) in [7, 11) is 0. The van der Waals surface area contributed by atoms with E-state index in [1.54, 1.807) is 31.2 Å². The molecule has 2 atom stereocenters. The van der Waals surface area contributed by atoms with Crippen LogP contribution in [0, 0.1) is 0 Å². The number of aliphatic hydroxyl groups excluding tert-OH is 1. The number of amides is 1. The lowest BCUT2D eigenvalue weighted by Crippen LogP contribution is -2.52.